The summed E-state index contributed by atoms with van der Waals surface area (Å²) in [6, 6.07) is 8.38. The van der Waals surface area contributed by atoms with Crippen LogP contribution in [-0.4, -0.2) is 44.2 Å². The molecule has 8 nitrogen and oxygen atoms in total. The van der Waals surface area contributed by atoms with Gasteiger partial charge in [-0.3, -0.25) is 9.59 Å². The van der Waals surface area contributed by atoms with Gasteiger partial charge < -0.3 is 15.4 Å². The number of nitrogens with zero attached hydrogens (tertiary/aromatic N) is 1. The van der Waals surface area contributed by atoms with Crippen molar-refractivity contribution in [2.24, 2.45) is 5.92 Å². The molecule has 2 aromatic rings. The summed E-state index contributed by atoms with van der Waals surface area (Å²) in [4.78, 5) is 24.5. The van der Waals surface area contributed by atoms with E-state index in [1.807, 2.05) is 13.0 Å². The van der Waals surface area contributed by atoms with Crippen molar-refractivity contribution in [2.45, 2.75) is 31.6 Å². The summed E-state index contributed by atoms with van der Waals surface area (Å²) in [6.07, 6.45) is 1.15. The monoisotopic (exact) mass is 477 g/mol. The van der Waals surface area contributed by atoms with Crippen molar-refractivity contribution >= 4 is 44.8 Å². The maximum absolute atomic E-state index is 13.4. The van der Waals surface area contributed by atoms with E-state index in [2.05, 4.69) is 10.6 Å². The molecule has 2 aliphatic rings. The number of aryl methyl sites for hydroxylation is 2. The van der Waals surface area contributed by atoms with Gasteiger partial charge in [0.05, 0.1) is 27.2 Å². The van der Waals surface area contributed by atoms with Crippen molar-refractivity contribution < 1.29 is 22.7 Å². The maximum atomic E-state index is 13.4. The van der Waals surface area contributed by atoms with E-state index in [9.17, 15) is 18.0 Å². The maximum Gasteiger partial charge on any atom is 0.262 e. The van der Waals surface area contributed by atoms with Crippen LogP contribution in [0.25, 0.3) is 0 Å². The molecule has 1 saturated heterocycles. The lowest BCUT2D eigenvalue weighted by Gasteiger charge is -2.32. The standard InChI is InChI=1S/C22H24ClN3O5S/c1-13-5-6-17(16(23)8-13)25-22(28)15-4-3-7-26(11-15)32(29,30)20-10-19-18(9-14(20)2)24-21(27)12-31-19/h5-6,8-10,15H,3-4,7,11-12H2,1-2H3,(H,24,27)(H,25,28). The number of hydrogen-bond acceptors (Lipinski definition) is 5. The Morgan fingerprint density at radius 1 is 1.25 bits per heavy atom. The lowest BCUT2D eigenvalue weighted by Crippen LogP contribution is -2.44. The number of anilines is 2. The Bertz CT molecular complexity index is 1200. The molecule has 2 aliphatic heterocycles. The van der Waals surface area contributed by atoms with Gasteiger partial charge in [-0.25, -0.2) is 8.42 Å². The summed E-state index contributed by atoms with van der Waals surface area (Å²) < 4.78 is 33.5. The van der Waals surface area contributed by atoms with Crippen LogP contribution < -0.4 is 15.4 Å². The molecule has 0 aliphatic carbocycles. The molecular weight excluding hydrogens is 454 g/mol. The molecule has 2 amide bonds. The number of benzene rings is 2. The second-order valence-electron chi connectivity index (χ2n) is 8.13. The first-order chi connectivity index (χ1) is 15.1. The van der Waals surface area contributed by atoms with Gasteiger partial charge in [-0.05, 0) is 56.0 Å². The normalized spacial score (nSPS) is 19.0. The van der Waals surface area contributed by atoms with E-state index in [4.69, 9.17) is 16.3 Å². The molecule has 1 fully saturated rings. The van der Waals surface area contributed by atoms with Crippen molar-refractivity contribution in [1.82, 2.24) is 4.31 Å². The van der Waals surface area contributed by atoms with E-state index in [1.165, 1.54) is 10.4 Å². The highest BCUT2D eigenvalue weighted by atomic mass is 35.5. The minimum Gasteiger partial charge on any atom is -0.482 e. The number of halogens is 1. The summed E-state index contributed by atoms with van der Waals surface area (Å²) in [5.41, 5.74) is 2.43. The van der Waals surface area contributed by atoms with Gasteiger partial charge >= 0.3 is 0 Å². The van der Waals surface area contributed by atoms with Crippen molar-refractivity contribution in [2.75, 3.05) is 30.3 Å². The van der Waals surface area contributed by atoms with Gasteiger partial charge in [-0.1, -0.05) is 17.7 Å². The molecule has 2 N–H and O–H groups in total. The van der Waals surface area contributed by atoms with E-state index >= 15 is 0 Å². The SMILES string of the molecule is Cc1ccc(NC(=O)C2CCCN(S(=O)(=O)c3cc4c(cc3C)NC(=O)CO4)C2)c(Cl)c1. The Morgan fingerprint density at radius 3 is 2.78 bits per heavy atom. The summed E-state index contributed by atoms with van der Waals surface area (Å²) in [5.74, 6) is -0.728. The highest BCUT2D eigenvalue weighted by Gasteiger charge is 2.35. The number of amides is 2. The fourth-order valence-electron chi connectivity index (χ4n) is 3.96. The molecule has 0 radical (unpaired) electrons. The van der Waals surface area contributed by atoms with Gasteiger partial charge in [0.15, 0.2) is 6.61 Å². The number of hydrogen-bond donors (Lipinski definition) is 2. The highest BCUT2D eigenvalue weighted by molar-refractivity contribution is 7.89. The number of carbonyl (C=O) groups excluding carboxylic acids is 2. The van der Waals surface area contributed by atoms with Crippen molar-refractivity contribution in [3.8, 4) is 5.75 Å². The summed E-state index contributed by atoms with van der Waals surface area (Å²) in [6.45, 7) is 3.81. The molecule has 1 atom stereocenters. The van der Waals surface area contributed by atoms with Gasteiger partial charge in [0.1, 0.15) is 5.75 Å². The predicted octanol–water partition coefficient (Wildman–Crippen LogP) is 3.33. The van der Waals surface area contributed by atoms with Crippen LogP contribution in [0, 0.1) is 19.8 Å². The number of nitrogens with one attached hydrogen (secondary N) is 2. The lowest BCUT2D eigenvalue weighted by atomic mass is 9.98. The van der Waals surface area contributed by atoms with Crippen LogP contribution in [0.3, 0.4) is 0 Å². The van der Waals surface area contributed by atoms with Crippen LogP contribution in [0.5, 0.6) is 5.75 Å². The van der Waals surface area contributed by atoms with Crippen LogP contribution in [0.15, 0.2) is 35.2 Å². The number of ether oxygens (including phenoxy) is 1. The Labute approximate surface area is 191 Å². The second kappa shape index (κ2) is 8.73. The predicted molar refractivity (Wildman–Crippen MR) is 122 cm³/mol. The van der Waals surface area contributed by atoms with Gasteiger partial charge in [0.25, 0.3) is 5.91 Å². The molecule has 4 rings (SSSR count). The topological polar surface area (TPSA) is 105 Å². The molecule has 1 unspecified atom stereocenters. The van der Waals surface area contributed by atoms with Crippen molar-refractivity contribution in [3.63, 3.8) is 0 Å². The molecule has 0 saturated carbocycles. The Hall–Kier alpha value is -2.62. The first-order valence-corrected chi connectivity index (χ1v) is 12.1. The van der Waals surface area contributed by atoms with Crippen LogP contribution in [0.2, 0.25) is 5.02 Å². The number of piperidine rings is 1. The molecule has 2 heterocycles. The number of carbonyl (C=O) groups is 2. The van der Waals surface area contributed by atoms with Gasteiger partial charge in [0, 0.05) is 19.2 Å². The lowest BCUT2D eigenvalue weighted by molar-refractivity contribution is -0.121. The smallest absolute Gasteiger partial charge is 0.262 e. The molecule has 32 heavy (non-hydrogen) atoms. The third kappa shape index (κ3) is 4.46. The highest BCUT2D eigenvalue weighted by Crippen LogP contribution is 2.35. The average Bonchev–Trinajstić information content (AvgIpc) is 2.75. The third-order valence-electron chi connectivity index (χ3n) is 5.67. The van der Waals surface area contributed by atoms with Crippen molar-refractivity contribution in [1.29, 1.82) is 0 Å². The van der Waals surface area contributed by atoms with E-state index in [0.29, 0.717) is 47.1 Å². The number of sulfonamides is 1. The average molecular weight is 478 g/mol. The van der Waals surface area contributed by atoms with E-state index < -0.39 is 15.9 Å². The molecule has 0 spiro atoms. The van der Waals surface area contributed by atoms with Crippen LogP contribution in [-0.2, 0) is 19.6 Å². The Morgan fingerprint density at radius 2 is 2.03 bits per heavy atom. The quantitative estimate of drug-likeness (QED) is 0.702. The summed E-state index contributed by atoms with van der Waals surface area (Å²) in [7, 11) is -3.86. The van der Waals surface area contributed by atoms with E-state index in [-0.39, 0.29) is 29.9 Å². The van der Waals surface area contributed by atoms with Gasteiger partial charge in [-0.2, -0.15) is 4.31 Å². The third-order valence-corrected chi connectivity index (χ3v) is 7.99. The fraction of sp³-hybridized carbons (Fsp3) is 0.364. The molecule has 0 aromatic heterocycles. The summed E-state index contributed by atoms with van der Waals surface area (Å²) >= 11 is 6.22. The molecule has 170 valence electrons. The fourth-order valence-corrected chi connectivity index (χ4v) is 5.99. The molecular formula is C22H24ClN3O5S. The molecule has 0 bridgehead atoms. The largest absolute Gasteiger partial charge is 0.482 e. The number of fused-ring (bicyclic) bond motifs is 1. The Kier molecular flexibility index (Phi) is 6.15. The molecule has 2 aromatic carbocycles. The van der Waals surface area contributed by atoms with Crippen LogP contribution >= 0.6 is 11.6 Å². The zero-order valence-corrected chi connectivity index (χ0v) is 19.3. The van der Waals surface area contributed by atoms with Gasteiger partial charge in [0.2, 0.25) is 15.9 Å². The van der Waals surface area contributed by atoms with Crippen LogP contribution in [0.1, 0.15) is 24.0 Å². The van der Waals surface area contributed by atoms with E-state index in [0.717, 1.165) is 5.56 Å². The number of rotatable bonds is 4. The second-order valence-corrected chi connectivity index (χ2v) is 10.4. The van der Waals surface area contributed by atoms with Crippen molar-refractivity contribution in [3.05, 3.63) is 46.5 Å². The van der Waals surface area contributed by atoms with E-state index in [1.54, 1.807) is 25.1 Å². The minimum atomic E-state index is -3.86. The first-order valence-electron chi connectivity index (χ1n) is 10.3. The first kappa shape index (κ1) is 22.6. The summed E-state index contributed by atoms with van der Waals surface area (Å²) in [5, 5.41) is 5.94. The Balaban J connectivity index is 1.53. The zero-order chi connectivity index (χ0) is 23.0. The molecule has 10 heteroatoms. The van der Waals surface area contributed by atoms with Crippen LogP contribution in [0.4, 0.5) is 11.4 Å². The van der Waals surface area contributed by atoms with Gasteiger partial charge in [-0.15, -0.1) is 0 Å². The zero-order valence-electron chi connectivity index (χ0n) is 17.8. The minimum absolute atomic E-state index is 0.0752.